The van der Waals surface area contributed by atoms with E-state index in [0.29, 0.717) is 34.9 Å². The van der Waals surface area contributed by atoms with Crippen LogP contribution in [0.3, 0.4) is 0 Å². The van der Waals surface area contributed by atoms with Crippen molar-refractivity contribution in [3.8, 4) is 5.75 Å². The van der Waals surface area contributed by atoms with Gasteiger partial charge in [0.15, 0.2) is 0 Å². The maximum Gasteiger partial charge on any atom is 0.255 e. The molecule has 0 bridgehead atoms. The van der Waals surface area contributed by atoms with Gasteiger partial charge in [-0.2, -0.15) is 0 Å². The number of nitrogens with zero attached hydrogens (tertiary/aromatic N) is 1. The fourth-order valence-electron chi connectivity index (χ4n) is 3.06. The van der Waals surface area contributed by atoms with Crippen molar-refractivity contribution in [2.75, 3.05) is 35.3 Å². The van der Waals surface area contributed by atoms with Crippen molar-refractivity contribution in [2.45, 2.75) is 12.8 Å². The summed E-state index contributed by atoms with van der Waals surface area (Å²) in [6.45, 7) is 0.461. The number of aryl methyl sites for hydroxylation is 1. The van der Waals surface area contributed by atoms with Crippen LogP contribution in [0.4, 0.5) is 17.1 Å². The number of carbonyl (C=O) groups is 1. The number of sulfonamides is 1. The van der Waals surface area contributed by atoms with Gasteiger partial charge in [0.1, 0.15) is 5.75 Å². The van der Waals surface area contributed by atoms with E-state index in [1.165, 1.54) is 17.7 Å². The predicted octanol–water partition coefficient (Wildman–Crippen LogP) is 2.66. The second-order valence-corrected chi connectivity index (χ2v) is 8.10. The van der Waals surface area contributed by atoms with Gasteiger partial charge < -0.3 is 15.8 Å². The summed E-state index contributed by atoms with van der Waals surface area (Å²) in [7, 11) is -1.80. The van der Waals surface area contributed by atoms with Crippen LogP contribution < -0.4 is 20.1 Å². The molecule has 1 aliphatic heterocycles. The molecule has 146 valence electrons. The third kappa shape index (κ3) is 4.45. The molecule has 0 saturated carbocycles. The van der Waals surface area contributed by atoms with Gasteiger partial charge in [-0.15, -0.1) is 12.4 Å². The van der Waals surface area contributed by atoms with E-state index in [2.05, 4.69) is 5.32 Å². The monoisotopic (exact) mass is 411 g/mol. The van der Waals surface area contributed by atoms with Crippen LogP contribution >= 0.6 is 12.4 Å². The van der Waals surface area contributed by atoms with Gasteiger partial charge in [0.2, 0.25) is 10.0 Å². The second-order valence-electron chi connectivity index (χ2n) is 6.19. The molecule has 1 aliphatic rings. The fourth-order valence-corrected chi connectivity index (χ4v) is 4.06. The third-order valence-corrected chi connectivity index (χ3v) is 5.49. The van der Waals surface area contributed by atoms with E-state index in [1.54, 1.807) is 36.4 Å². The number of hydrogen-bond donors (Lipinski definition) is 2. The van der Waals surface area contributed by atoms with Gasteiger partial charge in [0.25, 0.3) is 5.91 Å². The van der Waals surface area contributed by atoms with E-state index in [1.807, 2.05) is 0 Å². The van der Waals surface area contributed by atoms with Crippen LogP contribution in [-0.2, 0) is 16.4 Å². The van der Waals surface area contributed by atoms with Gasteiger partial charge in [-0.1, -0.05) is 0 Å². The van der Waals surface area contributed by atoms with Crippen LogP contribution in [0.5, 0.6) is 5.75 Å². The van der Waals surface area contributed by atoms with Crippen molar-refractivity contribution in [3.05, 3.63) is 47.5 Å². The summed E-state index contributed by atoms with van der Waals surface area (Å²) in [4.78, 5) is 12.5. The van der Waals surface area contributed by atoms with Gasteiger partial charge in [-0.25, -0.2) is 8.42 Å². The number of amides is 1. The maximum absolute atomic E-state index is 12.5. The first-order valence-corrected chi connectivity index (χ1v) is 10.00. The molecular formula is C18H22ClN3O4S. The van der Waals surface area contributed by atoms with Crippen molar-refractivity contribution in [3.63, 3.8) is 0 Å². The molecule has 0 radical (unpaired) electrons. The lowest BCUT2D eigenvalue weighted by Gasteiger charge is -2.29. The number of fused-ring (bicyclic) bond motifs is 1. The molecule has 27 heavy (non-hydrogen) atoms. The van der Waals surface area contributed by atoms with Gasteiger partial charge in [0, 0.05) is 17.8 Å². The van der Waals surface area contributed by atoms with E-state index >= 15 is 0 Å². The number of carbonyl (C=O) groups excluding carboxylic acids is 1. The highest BCUT2D eigenvalue weighted by Gasteiger charge is 2.24. The highest BCUT2D eigenvalue weighted by molar-refractivity contribution is 7.92. The number of nitrogens with two attached hydrogens (primary N) is 1. The van der Waals surface area contributed by atoms with E-state index in [-0.39, 0.29) is 18.3 Å². The number of ether oxygens (including phenoxy) is 1. The highest BCUT2D eigenvalue weighted by Crippen LogP contribution is 2.30. The van der Waals surface area contributed by atoms with Crippen LogP contribution in [0.2, 0.25) is 0 Å². The highest BCUT2D eigenvalue weighted by atomic mass is 35.5. The topological polar surface area (TPSA) is 102 Å². The van der Waals surface area contributed by atoms with Gasteiger partial charge in [-0.3, -0.25) is 9.10 Å². The van der Waals surface area contributed by atoms with E-state index in [9.17, 15) is 13.2 Å². The first-order valence-electron chi connectivity index (χ1n) is 8.15. The van der Waals surface area contributed by atoms with Crippen LogP contribution in [0.15, 0.2) is 36.4 Å². The summed E-state index contributed by atoms with van der Waals surface area (Å²) in [6.07, 6.45) is 2.65. The fraction of sp³-hybridized carbons (Fsp3) is 0.278. The molecule has 7 nitrogen and oxygen atoms in total. The van der Waals surface area contributed by atoms with Gasteiger partial charge in [-0.05, 0) is 54.8 Å². The Labute approximate surface area is 165 Å². The number of nitrogens with one attached hydrogen (secondary N) is 1. The molecule has 2 aromatic rings. The number of anilines is 3. The van der Waals surface area contributed by atoms with Crippen molar-refractivity contribution >= 4 is 45.4 Å². The zero-order valence-electron chi connectivity index (χ0n) is 15.1. The van der Waals surface area contributed by atoms with E-state index < -0.39 is 10.0 Å². The lowest BCUT2D eigenvalue weighted by atomic mass is 10.0. The summed E-state index contributed by atoms with van der Waals surface area (Å²) < 4.78 is 30.3. The molecule has 1 heterocycles. The van der Waals surface area contributed by atoms with Gasteiger partial charge in [0.05, 0.1) is 24.7 Å². The molecule has 2 aromatic carbocycles. The second kappa shape index (κ2) is 8.06. The Morgan fingerprint density at radius 3 is 2.59 bits per heavy atom. The first-order chi connectivity index (χ1) is 12.3. The SMILES string of the molecule is COc1ccc(NC(=O)c2ccc3c(c2)CCCN3S(C)(=O)=O)cc1N.Cl. The number of nitrogen functional groups attached to an aromatic ring is 1. The molecule has 0 aliphatic carbocycles. The summed E-state index contributed by atoms with van der Waals surface area (Å²) in [5.41, 5.74) is 8.80. The number of benzene rings is 2. The van der Waals surface area contributed by atoms with Crippen molar-refractivity contribution in [1.82, 2.24) is 0 Å². The predicted molar refractivity (Wildman–Crippen MR) is 110 cm³/mol. The average Bonchev–Trinajstić information content (AvgIpc) is 2.60. The minimum atomic E-state index is -3.33. The standard InChI is InChI=1S/C18H21N3O4S.ClH/c1-25-17-8-6-14(11-15(17)19)20-18(22)13-5-7-16-12(10-13)4-3-9-21(16)26(2,23)24;/h5-8,10-11H,3-4,9,19H2,1-2H3,(H,20,22);1H. The minimum absolute atomic E-state index is 0. The molecule has 9 heteroatoms. The number of methoxy groups -OCH3 is 1. The first kappa shape index (κ1) is 20.9. The van der Waals surface area contributed by atoms with E-state index in [4.69, 9.17) is 10.5 Å². The Hall–Kier alpha value is -2.45. The molecular weight excluding hydrogens is 390 g/mol. The Morgan fingerprint density at radius 1 is 1.22 bits per heavy atom. The maximum atomic E-state index is 12.5. The Morgan fingerprint density at radius 2 is 1.96 bits per heavy atom. The Bertz CT molecular complexity index is 963. The summed E-state index contributed by atoms with van der Waals surface area (Å²) in [5.74, 6) is 0.256. The molecule has 0 atom stereocenters. The van der Waals surface area contributed by atoms with Crippen LogP contribution in [0.1, 0.15) is 22.3 Å². The Kier molecular flexibility index (Phi) is 6.22. The van der Waals surface area contributed by atoms with E-state index in [0.717, 1.165) is 18.4 Å². The normalized spacial score (nSPS) is 13.3. The molecule has 0 unspecified atom stereocenters. The van der Waals surface area contributed by atoms with Gasteiger partial charge >= 0.3 is 0 Å². The number of halogens is 1. The van der Waals surface area contributed by atoms with Crippen LogP contribution in [0, 0.1) is 0 Å². The Balaban J connectivity index is 0.00000261. The van der Waals surface area contributed by atoms with Crippen molar-refractivity contribution in [1.29, 1.82) is 0 Å². The number of hydrogen-bond acceptors (Lipinski definition) is 5. The molecule has 3 N–H and O–H groups in total. The minimum Gasteiger partial charge on any atom is -0.495 e. The summed E-state index contributed by atoms with van der Waals surface area (Å²) in [5, 5.41) is 2.79. The lowest BCUT2D eigenvalue weighted by Crippen LogP contribution is -2.34. The smallest absolute Gasteiger partial charge is 0.255 e. The molecule has 0 fully saturated rings. The lowest BCUT2D eigenvalue weighted by molar-refractivity contribution is 0.102. The zero-order valence-corrected chi connectivity index (χ0v) is 16.7. The third-order valence-electron chi connectivity index (χ3n) is 4.31. The summed E-state index contributed by atoms with van der Waals surface area (Å²) >= 11 is 0. The average molecular weight is 412 g/mol. The van der Waals surface area contributed by atoms with Crippen LogP contribution in [-0.4, -0.2) is 34.2 Å². The largest absolute Gasteiger partial charge is 0.495 e. The molecule has 0 saturated heterocycles. The molecule has 0 spiro atoms. The molecule has 1 amide bonds. The zero-order chi connectivity index (χ0) is 18.9. The number of rotatable bonds is 4. The van der Waals surface area contributed by atoms with Crippen molar-refractivity contribution < 1.29 is 17.9 Å². The van der Waals surface area contributed by atoms with Crippen molar-refractivity contribution in [2.24, 2.45) is 0 Å². The molecule has 3 rings (SSSR count). The summed E-state index contributed by atoms with van der Waals surface area (Å²) in [6, 6.07) is 10.1. The quantitative estimate of drug-likeness (QED) is 0.753. The van der Waals surface area contributed by atoms with Crippen LogP contribution in [0.25, 0.3) is 0 Å². The molecule has 0 aromatic heterocycles.